The molecular weight excluding hydrogens is 208 g/mol. The molecule has 1 rings (SSSR count). The topological polar surface area (TPSA) is 58.9 Å². The zero-order chi connectivity index (χ0) is 10.7. The van der Waals surface area contributed by atoms with E-state index < -0.39 is 0 Å². The van der Waals surface area contributed by atoms with E-state index in [0.29, 0.717) is 5.75 Å². The molecule has 14 heavy (non-hydrogen) atoms. The van der Waals surface area contributed by atoms with E-state index in [1.807, 2.05) is 0 Å². The summed E-state index contributed by atoms with van der Waals surface area (Å²) in [6.07, 6.45) is 0. The van der Waals surface area contributed by atoms with Gasteiger partial charge in [0.05, 0.1) is 31.4 Å². The fourth-order valence-corrected chi connectivity index (χ4v) is 1.38. The number of methoxy groups -OCH3 is 2. The lowest BCUT2D eigenvalue weighted by atomic mass is 10.1. The smallest absolute Gasteiger partial charge is 0.170 e. The average molecular weight is 219 g/mol. The molecule has 0 fully saturated rings. The molecule has 0 aliphatic carbocycles. The van der Waals surface area contributed by atoms with Crippen molar-refractivity contribution in [3.63, 3.8) is 0 Å². The van der Waals surface area contributed by atoms with Crippen LogP contribution in [-0.2, 0) is 6.61 Å². The summed E-state index contributed by atoms with van der Waals surface area (Å²) in [7, 11) is 2.87. The highest BCUT2D eigenvalue weighted by molar-refractivity contribution is 6.32. The summed E-state index contributed by atoms with van der Waals surface area (Å²) in [4.78, 5) is 0. The molecule has 1 aromatic carbocycles. The zero-order valence-corrected chi connectivity index (χ0v) is 8.63. The molecule has 0 atom stereocenters. The van der Waals surface area contributed by atoms with E-state index in [4.69, 9.17) is 26.2 Å². The Kier molecular flexibility index (Phi) is 3.43. The highest BCUT2D eigenvalue weighted by Crippen LogP contribution is 2.41. The molecule has 0 aliphatic rings. The van der Waals surface area contributed by atoms with Gasteiger partial charge in [-0.05, 0) is 0 Å². The molecule has 0 aliphatic heterocycles. The van der Waals surface area contributed by atoms with Gasteiger partial charge in [0, 0.05) is 6.07 Å². The maximum atomic E-state index is 9.50. The minimum absolute atomic E-state index is 0.117. The van der Waals surface area contributed by atoms with Crippen LogP contribution in [0.4, 0.5) is 0 Å². The van der Waals surface area contributed by atoms with Gasteiger partial charge in [0.15, 0.2) is 11.5 Å². The molecule has 0 saturated carbocycles. The Morgan fingerprint density at radius 3 is 2.43 bits per heavy atom. The van der Waals surface area contributed by atoms with Crippen LogP contribution in [-0.4, -0.2) is 24.4 Å². The normalized spacial score (nSPS) is 10.0. The maximum Gasteiger partial charge on any atom is 0.170 e. The Morgan fingerprint density at radius 1 is 1.36 bits per heavy atom. The zero-order valence-electron chi connectivity index (χ0n) is 7.87. The van der Waals surface area contributed by atoms with E-state index in [0.717, 1.165) is 0 Å². The molecule has 0 radical (unpaired) electrons. The van der Waals surface area contributed by atoms with Crippen LogP contribution in [0.1, 0.15) is 5.56 Å². The molecule has 0 amide bonds. The number of rotatable bonds is 3. The summed E-state index contributed by atoms with van der Waals surface area (Å²) in [5.74, 6) is 0.475. The van der Waals surface area contributed by atoms with Gasteiger partial charge in [-0.1, -0.05) is 11.6 Å². The van der Waals surface area contributed by atoms with Gasteiger partial charge in [-0.15, -0.1) is 0 Å². The van der Waals surface area contributed by atoms with E-state index >= 15 is 0 Å². The highest BCUT2D eigenvalue weighted by Gasteiger charge is 2.17. The van der Waals surface area contributed by atoms with Crippen molar-refractivity contribution in [1.82, 2.24) is 0 Å². The van der Waals surface area contributed by atoms with Gasteiger partial charge in [0.1, 0.15) is 5.75 Å². The highest BCUT2D eigenvalue weighted by atomic mass is 35.5. The molecule has 5 heteroatoms. The lowest BCUT2D eigenvalue weighted by Crippen LogP contribution is -1.97. The fraction of sp³-hybridized carbons (Fsp3) is 0.333. The van der Waals surface area contributed by atoms with Crippen molar-refractivity contribution >= 4 is 11.6 Å². The lowest BCUT2D eigenvalue weighted by molar-refractivity contribution is 0.263. The predicted octanol–water partition coefficient (Wildman–Crippen LogP) is 1.56. The second-order valence-electron chi connectivity index (χ2n) is 2.58. The van der Waals surface area contributed by atoms with Crippen molar-refractivity contribution in [3.8, 4) is 17.2 Å². The molecular formula is C9H11ClO4. The molecule has 0 saturated heterocycles. The summed E-state index contributed by atoms with van der Waals surface area (Å²) in [6.45, 7) is -0.369. The van der Waals surface area contributed by atoms with Crippen LogP contribution in [0.3, 0.4) is 0 Å². The molecule has 0 unspecified atom stereocenters. The number of benzene rings is 1. The van der Waals surface area contributed by atoms with Crippen molar-refractivity contribution in [2.24, 2.45) is 0 Å². The molecule has 2 N–H and O–H groups in total. The van der Waals surface area contributed by atoms with E-state index in [9.17, 15) is 5.11 Å². The molecule has 0 bridgehead atoms. The number of ether oxygens (including phenoxy) is 2. The van der Waals surface area contributed by atoms with Crippen LogP contribution >= 0.6 is 11.6 Å². The second kappa shape index (κ2) is 4.39. The number of aromatic hydroxyl groups is 1. The first kappa shape index (κ1) is 10.9. The van der Waals surface area contributed by atoms with E-state index in [1.54, 1.807) is 0 Å². The summed E-state index contributed by atoms with van der Waals surface area (Å²) in [5.41, 5.74) is 0.219. The van der Waals surface area contributed by atoms with Crippen LogP contribution in [0, 0.1) is 0 Å². The van der Waals surface area contributed by atoms with Crippen LogP contribution < -0.4 is 9.47 Å². The minimum atomic E-state index is -0.369. The third-order valence-corrected chi connectivity index (χ3v) is 2.14. The molecule has 78 valence electrons. The first-order valence-electron chi connectivity index (χ1n) is 3.88. The van der Waals surface area contributed by atoms with Gasteiger partial charge < -0.3 is 19.7 Å². The average Bonchev–Trinajstić information content (AvgIpc) is 2.20. The Bertz CT molecular complexity index is 338. The number of phenols is 1. The summed E-state index contributed by atoms with van der Waals surface area (Å²) >= 11 is 5.71. The quantitative estimate of drug-likeness (QED) is 0.808. The van der Waals surface area contributed by atoms with Gasteiger partial charge in [-0.3, -0.25) is 0 Å². The predicted molar refractivity (Wildman–Crippen MR) is 52.1 cm³/mol. The van der Waals surface area contributed by atoms with Crippen LogP contribution in [0.25, 0.3) is 0 Å². The first-order chi connectivity index (χ1) is 6.65. The van der Waals surface area contributed by atoms with Crippen LogP contribution in [0.2, 0.25) is 5.02 Å². The van der Waals surface area contributed by atoms with E-state index in [1.165, 1.54) is 20.3 Å². The summed E-state index contributed by atoms with van der Waals surface area (Å²) in [6, 6.07) is 1.43. The molecule has 0 heterocycles. The number of aliphatic hydroxyl groups is 1. The Labute approximate surface area is 86.6 Å². The van der Waals surface area contributed by atoms with Gasteiger partial charge in [0.25, 0.3) is 0 Å². The Morgan fingerprint density at radius 2 is 2.00 bits per heavy atom. The second-order valence-corrected chi connectivity index (χ2v) is 2.99. The van der Waals surface area contributed by atoms with Crippen molar-refractivity contribution in [2.75, 3.05) is 14.2 Å². The van der Waals surface area contributed by atoms with Gasteiger partial charge in [-0.25, -0.2) is 0 Å². The van der Waals surface area contributed by atoms with Crippen LogP contribution in [0.5, 0.6) is 17.2 Å². The van der Waals surface area contributed by atoms with Crippen LogP contribution in [0.15, 0.2) is 6.07 Å². The summed E-state index contributed by atoms with van der Waals surface area (Å²) in [5, 5.41) is 18.6. The monoisotopic (exact) mass is 218 g/mol. The van der Waals surface area contributed by atoms with Crippen molar-refractivity contribution in [1.29, 1.82) is 0 Å². The standard InChI is InChI=1S/C9H11ClO4/c1-13-7-3-6(10)8(12)5(4-11)9(7)14-2/h3,11-12H,4H2,1-2H3. The number of hydrogen-bond acceptors (Lipinski definition) is 4. The Balaban J connectivity index is 3.42. The van der Waals surface area contributed by atoms with Crippen molar-refractivity contribution in [3.05, 3.63) is 16.7 Å². The minimum Gasteiger partial charge on any atom is -0.506 e. The van der Waals surface area contributed by atoms with Gasteiger partial charge >= 0.3 is 0 Å². The third-order valence-electron chi connectivity index (χ3n) is 1.85. The van der Waals surface area contributed by atoms with E-state index in [-0.39, 0.29) is 28.7 Å². The van der Waals surface area contributed by atoms with Gasteiger partial charge in [0.2, 0.25) is 0 Å². The summed E-state index contributed by atoms with van der Waals surface area (Å²) < 4.78 is 9.97. The van der Waals surface area contributed by atoms with Gasteiger partial charge in [-0.2, -0.15) is 0 Å². The maximum absolute atomic E-state index is 9.50. The SMILES string of the molecule is COc1cc(Cl)c(O)c(CO)c1OC. The Hall–Kier alpha value is -1.13. The molecule has 0 spiro atoms. The fourth-order valence-electron chi connectivity index (χ4n) is 1.17. The third kappa shape index (κ3) is 1.71. The number of hydrogen-bond donors (Lipinski definition) is 2. The van der Waals surface area contributed by atoms with Crippen molar-refractivity contribution in [2.45, 2.75) is 6.61 Å². The molecule has 4 nitrogen and oxygen atoms in total. The number of halogens is 1. The van der Waals surface area contributed by atoms with Crippen molar-refractivity contribution < 1.29 is 19.7 Å². The molecule has 1 aromatic rings. The first-order valence-corrected chi connectivity index (χ1v) is 4.26. The van der Waals surface area contributed by atoms with E-state index in [2.05, 4.69) is 0 Å². The number of aliphatic hydroxyl groups excluding tert-OH is 1. The molecule has 0 aromatic heterocycles. The lowest BCUT2D eigenvalue weighted by Gasteiger charge is -2.13. The largest absolute Gasteiger partial charge is 0.506 e.